The lowest BCUT2D eigenvalue weighted by atomic mass is 10.1. The van der Waals surface area contributed by atoms with Crippen LogP contribution < -0.4 is 10.5 Å². The summed E-state index contributed by atoms with van der Waals surface area (Å²) in [4.78, 5) is 2.47. The van der Waals surface area contributed by atoms with E-state index in [1.54, 1.807) is 0 Å². The van der Waals surface area contributed by atoms with Crippen molar-refractivity contribution in [3.63, 3.8) is 0 Å². The van der Waals surface area contributed by atoms with Gasteiger partial charge in [0.1, 0.15) is 12.4 Å². The molecule has 0 aliphatic carbocycles. The van der Waals surface area contributed by atoms with E-state index in [1.165, 1.54) is 17.5 Å². The molecule has 0 aromatic heterocycles. The van der Waals surface area contributed by atoms with Gasteiger partial charge in [-0.05, 0) is 37.1 Å². The van der Waals surface area contributed by atoms with Crippen LogP contribution in [0.5, 0.6) is 5.75 Å². The molecule has 23 heavy (non-hydrogen) atoms. The van der Waals surface area contributed by atoms with Gasteiger partial charge in [-0.2, -0.15) is 0 Å². The average molecular weight is 333 g/mol. The smallest absolute Gasteiger partial charge is 0.124 e. The molecule has 1 fully saturated rings. The molecule has 1 aliphatic heterocycles. The first-order chi connectivity index (χ1) is 10.8. The second kappa shape index (κ2) is 8.92. The van der Waals surface area contributed by atoms with Crippen LogP contribution in [0.3, 0.4) is 0 Å². The Labute approximate surface area is 144 Å². The maximum absolute atomic E-state index is 6.04. The topological polar surface area (TPSA) is 38.5 Å². The lowest BCUT2D eigenvalue weighted by Crippen LogP contribution is -2.23. The monoisotopic (exact) mass is 332 g/mol. The largest absolute Gasteiger partial charge is 0.489 e. The standard InChI is InChI=1S/C19H24N2O.ClH/c20-12-17-10-11-21(13-17)14-18-8-4-5-9-19(18)22-15-16-6-2-1-3-7-16;/h1-9,17H,10-15,20H2;1H. The van der Waals surface area contributed by atoms with Crippen molar-refractivity contribution in [1.82, 2.24) is 4.90 Å². The molecular weight excluding hydrogens is 308 g/mol. The molecule has 0 spiro atoms. The number of benzene rings is 2. The Balaban J connectivity index is 0.00000192. The van der Waals surface area contributed by atoms with E-state index in [2.05, 4.69) is 35.2 Å². The Bertz CT molecular complexity index is 591. The molecule has 0 bridgehead atoms. The summed E-state index contributed by atoms with van der Waals surface area (Å²) in [5, 5.41) is 0. The first-order valence-electron chi connectivity index (χ1n) is 8.02. The summed E-state index contributed by atoms with van der Waals surface area (Å²) < 4.78 is 6.04. The number of ether oxygens (including phenoxy) is 1. The third-order valence-electron chi connectivity index (χ3n) is 4.31. The zero-order chi connectivity index (χ0) is 15.2. The SMILES string of the molecule is Cl.NCC1CCN(Cc2ccccc2OCc2ccccc2)C1. The molecule has 3 rings (SSSR count). The van der Waals surface area contributed by atoms with Crippen molar-refractivity contribution in [3.05, 3.63) is 65.7 Å². The molecule has 2 aromatic rings. The van der Waals surface area contributed by atoms with Crippen LogP contribution in [0.1, 0.15) is 17.5 Å². The van der Waals surface area contributed by atoms with Gasteiger partial charge in [-0.3, -0.25) is 4.90 Å². The lowest BCUT2D eigenvalue weighted by Gasteiger charge is -2.18. The van der Waals surface area contributed by atoms with E-state index in [4.69, 9.17) is 10.5 Å². The van der Waals surface area contributed by atoms with Crippen LogP contribution in [0, 0.1) is 5.92 Å². The van der Waals surface area contributed by atoms with Gasteiger partial charge in [0, 0.05) is 18.7 Å². The second-order valence-corrected chi connectivity index (χ2v) is 6.01. The number of likely N-dealkylation sites (tertiary alicyclic amines) is 1. The highest BCUT2D eigenvalue weighted by atomic mass is 35.5. The Morgan fingerprint density at radius 1 is 1.04 bits per heavy atom. The summed E-state index contributed by atoms with van der Waals surface area (Å²) in [5.41, 5.74) is 8.24. The van der Waals surface area contributed by atoms with Gasteiger partial charge in [-0.25, -0.2) is 0 Å². The predicted molar refractivity (Wildman–Crippen MR) is 96.9 cm³/mol. The molecule has 2 N–H and O–H groups in total. The van der Waals surface area contributed by atoms with Gasteiger partial charge in [0.2, 0.25) is 0 Å². The van der Waals surface area contributed by atoms with Gasteiger partial charge in [0.25, 0.3) is 0 Å². The number of rotatable bonds is 6. The highest BCUT2D eigenvalue weighted by Crippen LogP contribution is 2.24. The minimum Gasteiger partial charge on any atom is -0.489 e. The fourth-order valence-corrected chi connectivity index (χ4v) is 3.00. The number of halogens is 1. The molecule has 0 saturated carbocycles. The van der Waals surface area contributed by atoms with Crippen molar-refractivity contribution in [2.75, 3.05) is 19.6 Å². The minimum atomic E-state index is 0. The maximum Gasteiger partial charge on any atom is 0.124 e. The van der Waals surface area contributed by atoms with Crippen molar-refractivity contribution >= 4 is 12.4 Å². The molecule has 3 nitrogen and oxygen atoms in total. The fraction of sp³-hybridized carbons (Fsp3) is 0.368. The van der Waals surface area contributed by atoms with Crippen molar-refractivity contribution < 1.29 is 4.74 Å². The maximum atomic E-state index is 6.04. The molecular formula is C19H25ClN2O. The number of nitrogens with two attached hydrogens (primary N) is 1. The van der Waals surface area contributed by atoms with Crippen LogP contribution in [0.2, 0.25) is 0 Å². The highest BCUT2D eigenvalue weighted by molar-refractivity contribution is 5.85. The number of nitrogens with zero attached hydrogens (tertiary/aromatic N) is 1. The van der Waals surface area contributed by atoms with Crippen LogP contribution in [0.25, 0.3) is 0 Å². The molecule has 1 unspecified atom stereocenters. The minimum absolute atomic E-state index is 0. The first-order valence-corrected chi connectivity index (χ1v) is 8.02. The van der Waals surface area contributed by atoms with Crippen LogP contribution in [0.4, 0.5) is 0 Å². The van der Waals surface area contributed by atoms with E-state index in [1.807, 2.05) is 24.3 Å². The summed E-state index contributed by atoms with van der Waals surface area (Å²) in [6.45, 7) is 4.59. The van der Waals surface area contributed by atoms with Gasteiger partial charge in [-0.15, -0.1) is 12.4 Å². The quantitative estimate of drug-likeness (QED) is 0.880. The van der Waals surface area contributed by atoms with Gasteiger partial charge < -0.3 is 10.5 Å². The summed E-state index contributed by atoms with van der Waals surface area (Å²) in [5.74, 6) is 1.64. The van der Waals surface area contributed by atoms with E-state index >= 15 is 0 Å². The van der Waals surface area contributed by atoms with Crippen LogP contribution in [0.15, 0.2) is 54.6 Å². The third-order valence-corrected chi connectivity index (χ3v) is 4.31. The average Bonchev–Trinajstić information content (AvgIpc) is 3.03. The van der Waals surface area contributed by atoms with Crippen molar-refractivity contribution in [2.45, 2.75) is 19.6 Å². The molecule has 1 atom stereocenters. The molecule has 1 heterocycles. The van der Waals surface area contributed by atoms with Gasteiger partial charge in [0.05, 0.1) is 0 Å². The summed E-state index contributed by atoms with van der Waals surface area (Å²) in [6.07, 6.45) is 1.21. The normalized spacial score (nSPS) is 17.7. The zero-order valence-corrected chi connectivity index (χ0v) is 14.2. The zero-order valence-electron chi connectivity index (χ0n) is 13.4. The highest BCUT2D eigenvalue weighted by Gasteiger charge is 2.21. The summed E-state index contributed by atoms with van der Waals surface area (Å²) >= 11 is 0. The van der Waals surface area contributed by atoms with E-state index in [0.29, 0.717) is 12.5 Å². The van der Waals surface area contributed by atoms with Gasteiger partial charge in [0.15, 0.2) is 0 Å². The van der Waals surface area contributed by atoms with Gasteiger partial charge in [-0.1, -0.05) is 48.5 Å². The molecule has 0 radical (unpaired) electrons. The van der Waals surface area contributed by atoms with Crippen LogP contribution in [-0.2, 0) is 13.2 Å². The third kappa shape index (κ3) is 4.96. The molecule has 4 heteroatoms. The molecule has 1 saturated heterocycles. The molecule has 1 aliphatic rings. The molecule has 2 aromatic carbocycles. The number of hydrogen-bond donors (Lipinski definition) is 1. The van der Waals surface area contributed by atoms with Crippen molar-refractivity contribution in [3.8, 4) is 5.75 Å². The number of para-hydroxylation sites is 1. The van der Waals surface area contributed by atoms with Gasteiger partial charge >= 0.3 is 0 Å². The Hall–Kier alpha value is -1.55. The second-order valence-electron chi connectivity index (χ2n) is 6.01. The van der Waals surface area contributed by atoms with E-state index < -0.39 is 0 Å². The van der Waals surface area contributed by atoms with Crippen molar-refractivity contribution in [2.24, 2.45) is 11.7 Å². The lowest BCUT2D eigenvalue weighted by molar-refractivity contribution is 0.282. The summed E-state index contributed by atoms with van der Waals surface area (Å²) in [6, 6.07) is 18.6. The van der Waals surface area contributed by atoms with E-state index in [0.717, 1.165) is 31.9 Å². The van der Waals surface area contributed by atoms with Crippen LogP contribution in [-0.4, -0.2) is 24.5 Å². The van der Waals surface area contributed by atoms with E-state index in [9.17, 15) is 0 Å². The van der Waals surface area contributed by atoms with E-state index in [-0.39, 0.29) is 12.4 Å². The van der Waals surface area contributed by atoms with Crippen LogP contribution >= 0.6 is 12.4 Å². The van der Waals surface area contributed by atoms with Crippen molar-refractivity contribution in [1.29, 1.82) is 0 Å². The fourth-order valence-electron chi connectivity index (χ4n) is 3.00. The Morgan fingerprint density at radius 3 is 2.52 bits per heavy atom. The predicted octanol–water partition coefficient (Wildman–Crippen LogP) is 3.47. The first kappa shape index (κ1) is 17.8. The molecule has 124 valence electrons. The summed E-state index contributed by atoms with van der Waals surface area (Å²) in [7, 11) is 0. The Morgan fingerprint density at radius 2 is 1.78 bits per heavy atom. The number of hydrogen-bond acceptors (Lipinski definition) is 3. The molecule has 0 amide bonds. The Kier molecular flexibility index (Phi) is 6.90.